The Labute approximate surface area is 189 Å². The number of phenolic OH excluding ortho intramolecular Hbond substituents is 1. The van der Waals surface area contributed by atoms with Crippen molar-refractivity contribution in [3.63, 3.8) is 0 Å². The third kappa shape index (κ3) is 5.60. The number of rotatable bonds is 5. The molecule has 1 saturated carbocycles. The Morgan fingerprint density at radius 3 is 2.41 bits per heavy atom. The summed E-state index contributed by atoms with van der Waals surface area (Å²) in [6.45, 7) is 5.01. The molecule has 0 aromatic heterocycles. The van der Waals surface area contributed by atoms with Crippen LogP contribution in [0.2, 0.25) is 0 Å². The lowest BCUT2D eigenvalue weighted by atomic mass is 9.72. The molecule has 0 bridgehead atoms. The molecule has 178 valence electrons. The standard InChI is InChI=1S/C23H34N2O4.CH2O2/c1-22(24-20(27)18-3-2-4-18)12-16-29-23(21(22)28)10-14-25(15-11-23)13-9-17-5-7-19(26)8-6-17;2-1-3/h5-8,18,21,26,28H,2-4,9-16H2,1H3,(H,24,27);1H,(H,2,3)/t21-,22+;/m1./s1. The number of hydrogen-bond donors (Lipinski definition) is 4. The highest BCUT2D eigenvalue weighted by Crippen LogP contribution is 2.40. The van der Waals surface area contributed by atoms with E-state index in [2.05, 4.69) is 10.2 Å². The molecule has 0 unspecified atom stereocenters. The number of carboxylic acid groups (broad SMARTS) is 1. The van der Waals surface area contributed by atoms with Crippen LogP contribution in [-0.4, -0.2) is 76.1 Å². The molecule has 8 heteroatoms. The average molecular weight is 449 g/mol. The fraction of sp³-hybridized carbons (Fsp3) is 0.667. The monoisotopic (exact) mass is 448 g/mol. The first-order chi connectivity index (χ1) is 15.3. The van der Waals surface area contributed by atoms with Gasteiger partial charge < -0.3 is 30.3 Å². The molecule has 2 heterocycles. The molecule has 1 aliphatic carbocycles. The highest BCUT2D eigenvalue weighted by molar-refractivity contribution is 5.80. The van der Waals surface area contributed by atoms with Gasteiger partial charge in [-0.1, -0.05) is 18.6 Å². The maximum Gasteiger partial charge on any atom is 0.290 e. The summed E-state index contributed by atoms with van der Waals surface area (Å²) in [7, 11) is 0. The second-order valence-corrected chi connectivity index (χ2v) is 9.46. The molecule has 0 radical (unpaired) electrons. The van der Waals surface area contributed by atoms with E-state index in [9.17, 15) is 15.0 Å². The number of carbonyl (C=O) groups is 2. The van der Waals surface area contributed by atoms with Gasteiger partial charge in [0.1, 0.15) is 11.9 Å². The Hall–Kier alpha value is -2.16. The van der Waals surface area contributed by atoms with Gasteiger partial charge in [0.05, 0.1) is 11.1 Å². The van der Waals surface area contributed by atoms with Crippen molar-refractivity contribution in [2.24, 2.45) is 5.92 Å². The summed E-state index contributed by atoms with van der Waals surface area (Å²) in [4.78, 5) is 23.3. The zero-order valence-corrected chi connectivity index (χ0v) is 18.8. The van der Waals surface area contributed by atoms with E-state index in [0.717, 1.165) is 58.2 Å². The molecular weight excluding hydrogens is 412 g/mol. The summed E-state index contributed by atoms with van der Waals surface area (Å²) in [5.41, 5.74) is 0.0389. The zero-order chi connectivity index (χ0) is 23.2. The molecule has 2 saturated heterocycles. The molecule has 1 amide bonds. The van der Waals surface area contributed by atoms with Crippen molar-refractivity contribution in [3.05, 3.63) is 29.8 Å². The number of benzene rings is 1. The van der Waals surface area contributed by atoms with Crippen molar-refractivity contribution >= 4 is 12.4 Å². The third-order valence-corrected chi connectivity index (χ3v) is 7.35. The molecule has 4 N–H and O–H groups in total. The van der Waals surface area contributed by atoms with Crippen molar-refractivity contribution in [1.29, 1.82) is 0 Å². The van der Waals surface area contributed by atoms with Gasteiger partial charge in [-0.2, -0.15) is 0 Å². The lowest BCUT2D eigenvalue weighted by Gasteiger charge is -2.54. The minimum Gasteiger partial charge on any atom is -0.508 e. The first kappa shape index (κ1) is 24.5. The number of carbonyl (C=O) groups excluding carboxylic acids is 1. The van der Waals surface area contributed by atoms with Crippen molar-refractivity contribution in [2.75, 3.05) is 26.2 Å². The van der Waals surface area contributed by atoms with Crippen LogP contribution in [0.4, 0.5) is 0 Å². The van der Waals surface area contributed by atoms with Crippen LogP contribution >= 0.6 is 0 Å². The number of nitrogens with zero attached hydrogens (tertiary/aromatic N) is 1. The smallest absolute Gasteiger partial charge is 0.290 e. The molecule has 2 aliphatic heterocycles. The molecule has 3 aliphatic rings. The maximum atomic E-state index is 12.5. The number of phenols is 1. The van der Waals surface area contributed by atoms with E-state index < -0.39 is 17.2 Å². The van der Waals surface area contributed by atoms with E-state index in [4.69, 9.17) is 14.6 Å². The van der Waals surface area contributed by atoms with Crippen LogP contribution in [0.5, 0.6) is 5.75 Å². The van der Waals surface area contributed by atoms with Gasteiger partial charge in [-0.15, -0.1) is 0 Å². The minimum absolute atomic E-state index is 0.0983. The van der Waals surface area contributed by atoms with Gasteiger partial charge in [0.2, 0.25) is 5.91 Å². The average Bonchev–Trinajstić information content (AvgIpc) is 2.72. The second-order valence-electron chi connectivity index (χ2n) is 9.46. The highest BCUT2D eigenvalue weighted by Gasteiger charge is 2.54. The quantitative estimate of drug-likeness (QED) is 0.508. The summed E-state index contributed by atoms with van der Waals surface area (Å²) in [6.07, 6.45) is 5.52. The fourth-order valence-corrected chi connectivity index (χ4v) is 4.97. The second kappa shape index (κ2) is 10.6. The number of piperidine rings is 1. The van der Waals surface area contributed by atoms with Crippen molar-refractivity contribution in [2.45, 2.75) is 69.1 Å². The summed E-state index contributed by atoms with van der Waals surface area (Å²) in [5.74, 6) is 0.519. The SMILES string of the molecule is C[C@]1(NC(=O)C2CCC2)CCOC2(CCN(CCc3ccc(O)cc3)CC2)[C@@H]1O.O=CO. The van der Waals surface area contributed by atoms with E-state index in [-0.39, 0.29) is 18.3 Å². The normalized spacial score (nSPS) is 27.6. The molecule has 4 rings (SSSR count). The van der Waals surface area contributed by atoms with Gasteiger partial charge in [0.15, 0.2) is 0 Å². The van der Waals surface area contributed by atoms with Crippen LogP contribution in [0.3, 0.4) is 0 Å². The Kier molecular flexibility index (Phi) is 8.14. The number of likely N-dealkylation sites (tertiary alicyclic amines) is 1. The summed E-state index contributed by atoms with van der Waals surface area (Å²) in [6, 6.07) is 7.38. The van der Waals surface area contributed by atoms with Gasteiger partial charge in [0, 0.05) is 32.2 Å². The zero-order valence-electron chi connectivity index (χ0n) is 18.8. The molecular formula is C24H36N2O6. The minimum atomic E-state index is -0.688. The summed E-state index contributed by atoms with van der Waals surface area (Å²) < 4.78 is 6.17. The third-order valence-electron chi connectivity index (χ3n) is 7.35. The van der Waals surface area contributed by atoms with E-state index in [1.807, 2.05) is 19.1 Å². The van der Waals surface area contributed by atoms with Gasteiger partial charge >= 0.3 is 0 Å². The highest BCUT2D eigenvalue weighted by atomic mass is 16.5. The van der Waals surface area contributed by atoms with Crippen LogP contribution in [0.25, 0.3) is 0 Å². The molecule has 1 spiro atoms. The van der Waals surface area contributed by atoms with Crippen molar-refractivity contribution in [3.8, 4) is 5.75 Å². The largest absolute Gasteiger partial charge is 0.508 e. The number of nitrogens with one attached hydrogen (secondary N) is 1. The number of aliphatic hydroxyl groups is 1. The van der Waals surface area contributed by atoms with Crippen LogP contribution in [0, 0.1) is 5.92 Å². The van der Waals surface area contributed by atoms with Crippen LogP contribution in [0.15, 0.2) is 24.3 Å². The van der Waals surface area contributed by atoms with Crippen LogP contribution < -0.4 is 5.32 Å². The van der Waals surface area contributed by atoms with Crippen LogP contribution in [0.1, 0.15) is 51.0 Å². The maximum absolute atomic E-state index is 12.5. The van der Waals surface area contributed by atoms with Gasteiger partial charge in [-0.3, -0.25) is 9.59 Å². The number of hydrogen-bond acceptors (Lipinski definition) is 6. The van der Waals surface area contributed by atoms with E-state index in [1.165, 1.54) is 5.56 Å². The summed E-state index contributed by atoms with van der Waals surface area (Å²) in [5, 5.41) is 30.7. The van der Waals surface area contributed by atoms with Crippen LogP contribution in [-0.2, 0) is 20.7 Å². The first-order valence-electron chi connectivity index (χ1n) is 11.5. The number of amides is 1. The number of ether oxygens (including phenoxy) is 1. The molecule has 8 nitrogen and oxygen atoms in total. The van der Waals surface area contributed by atoms with Crippen molar-refractivity contribution in [1.82, 2.24) is 10.2 Å². The molecule has 2 atom stereocenters. The first-order valence-corrected chi connectivity index (χ1v) is 11.5. The van der Waals surface area contributed by atoms with Gasteiger partial charge in [0.25, 0.3) is 6.47 Å². The molecule has 32 heavy (non-hydrogen) atoms. The fourth-order valence-electron chi connectivity index (χ4n) is 4.97. The molecule has 1 aromatic carbocycles. The lowest BCUT2D eigenvalue weighted by molar-refractivity contribution is -0.208. The van der Waals surface area contributed by atoms with Gasteiger partial charge in [-0.25, -0.2) is 0 Å². The Balaban J connectivity index is 0.000000913. The van der Waals surface area contributed by atoms with Gasteiger partial charge in [-0.05, 0) is 63.1 Å². The number of aromatic hydroxyl groups is 1. The number of aliphatic hydroxyl groups excluding tert-OH is 1. The lowest BCUT2D eigenvalue weighted by Crippen LogP contribution is -2.69. The Morgan fingerprint density at radius 1 is 1.22 bits per heavy atom. The van der Waals surface area contributed by atoms with E-state index in [0.29, 0.717) is 18.8 Å². The van der Waals surface area contributed by atoms with E-state index in [1.54, 1.807) is 12.1 Å². The predicted octanol–water partition coefficient (Wildman–Crippen LogP) is 1.93. The van der Waals surface area contributed by atoms with Crippen molar-refractivity contribution < 1.29 is 29.6 Å². The Morgan fingerprint density at radius 2 is 1.84 bits per heavy atom. The predicted molar refractivity (Wildman–Crippen MR) is 119 cm³/mol. The summed E-state index contributed by atoms with van der Waals surface area (Å²) >= 11 is 0. The Bertz CT molecular complexity index is 758. The topological polar surface area (TPSA) is 119 Å². The van der Waals surface area contributed by atoms with E-state index >= 15 is 0 Å². The molecule has 3 fully saturated rings. The molecule has 1 aromatic rings.